The molecule has 0 aliphatic carbocycles. The molecule has 18 heavy (non-hydrogen) atoms. The smallest absolute Gasteiger partial charge is 0.134 e. The quantitative estimate of drug-likeness (QED) is 0.840. The number of hydrogen-bond donors (Lipinski definition) is 1. The second-order valence-corrected chi connectivity index (χ2v) is 4.47. The van der Waals surface area contributed by atoms with Crippen LogP contribution in [-0.2, 0) is 0 Å². The second-order valence-electron chi connectivity index (χ2n) is 4.47. The first-order valence-electron chi connectivity index (χ1n) is 6.59. The summed E-state index contributed by atoms with van der Waals surface area (Å²) in [5.41, 5.74) is 0.919. The highest BCUT2D eigenvalue weighted by molar-refractivity contribution is 5.79. The van der Waals surface area contributed by atoms with Gasteiger partial charge in [-0.15, -0.1) is 0 Å². The summed E-state index contributed by atoms with van der Waals surface area (Å²) >= 11 is 0. The summed E-state index contributed by atoms with van der Waals surface area (Å²) in [7, 11) is 1.68. The Hall–Kier alpha value is -1.48. The molecule has 2 aromatic rings. The Labute approximate surface area is 108 Å². The molecule has 3 nitrogen and oxygen atoms in total. The van der Waals surface area contributed by atoms with Crippen molar-refractivity contribution in [3.63, 3.8) is 0 Å². The minimum absolute atomic E-state index is 0.295. The fourth-order valence-electron chi connectivity index (χ4n) is 2.11. The predicted octanol–water partition coefficient (Wildman–Crippen LogP) is 3.89. The van der Waals surface area contributed by atoms with E-state index in [-0.39, 0.29) is 0 Å². The molecule has 1 unspecified atom stereocenters. The van der Waals surface area contributed by atoms with Crippen LogP contribution in [0, 0.1) is 0 Å². The van der Waals surface area contributed by atoms with Gasteiger partial charge >= 0.3 is 0 Å². The van der Waals surface area contributed by atoms with E-state index in [0.717, 1.165) is 41.9 Å². The van der Waals surface area contributed by atoms with Gasteiger partial charge in [0.05, 0.1) is 13.2 Å². The van der Waals surface area contributed by atoms with Gasteiger partial charge < -0.3 is 14.5 Å². The van der Waals surface area contributed by atoms with Crippen LogP contribution in [-0.4, -0.2) is 13.7 Å². The molecule has 2 rings (SSSR count). The average Bonchev–Trinajstić information content (AvgIpc) is 2.82. The third-order valence-electron chi connectivity index (χ3n) is 3.13. The topological polar surface area (TPSA) is 34.4 Å². The van der Waals surface area contributed by atoms with Gasteiger partial charge in [0.1, 0.15) is 17.1 Å². The van der Waals surface area contributed by atoms with Crippen molar-refractivity contribution in [3.8, 4) is 5.75 Å². The molecule has 1 N–H and O–H groups in total. The molecule has 98 valence electrons. The summed E-state index contributed by atoms with van der Waals surface area (Å²) in [6, 6.07) is 8.30. The molecule has 1 aromatic heterocycles. The third-order valence-corrected chi connectivity index (χ3v) is 3.13. The highest BCUT2D eigenvalue weighted by atomic mass is 16.5. The van der Waals surface area contributed by atoms with Crippen LogP contribution in [0.25, 0.3) is 11.0 Å². The van der Waals surface area contributed by atoms with Crippen molar-refractivity contribution in [2.24, 2.45) is 0 Å². The van der Waals surface area contributed by atoms with Crippen molar-refractivity contribution >= 4 is 11.0 Å². The molecule has 0 aliphatic heterocycles. The zero-order chi connectivity index (χ0) is 13.0. The number of hydrogen-bond acceptors (Lipinski definition) is 3. The second kappa shape index (κ2) is 5.91. The first-order chi connectivity index (χ1) is 8.78. The predicted molar refractivity (Wildman–Crippen MR) is 74.1 cm³/mol. The molecule has 0 spiro atoms. The van der Waals surface area contributed by atoms with E-state index in [1.54, 1.807) is 7.11 Å². The van der Waals surface area contributed by atoms with Gasteiger partial charge in [-0.25, -0.2) is 0 Å². The van der Waals surface area contributed by atoms with Gasteiger partial charge in [-0.3, -0.25) is 0 Å². The largest absolute Gasteiger partial charge is 0.497 e. The molecule has 1 heterocycles. The summed E-state index contributed by atoms with van der Waals surface area (Å²) in [5, 5.41) is 4.60. The Bertz CT molecular complexity index is 504. The Morgan fingerprint density at radius 3 is 2.78 bits per heavy atom. The van der Waals surface area contributed by atoms with E-state index in [1.165, 1.54) is 0 Å². The van der Waals surface area contributed by atoms with E-state index in [2.05, 4.69) is 25.2 Å². The van der Waals surface area contributed by atoms with Gasteiger partial charge in [0, 0.05) is 5.39 Å². The Kier molecular flexibility index (Phi) is 4.26. The normalized spacial score (nSPS) is 12.8. The SMILES string of the molecule is CCCNC(CC)c1cc2cc(OC)ccc2o1. The Morgan fingerprint density at radius 1 is 1.28 bits per heavy atom. The lowest BCUT2D eigenvalue weighted by atomic mass is 10.1. The summed E-state index contributed by atoms with van der Waals surface area (Å²) < 4.78 is 11.1. The van der Waals surface area contributed by atoms with Gasteiger partial charge in [-0.2, -0.15) is 0 Å². The fraction of sp³-hybridized carbons (Fsp3) is 0.467. The molecular formula is C15H21NO2. The van der Waals surface area contributed by atoms with Gasteiger partial charge in [-0.05, 0) is 43.7 Å². The van der Waals surface area contributed by atoms with Crippen molar-refractivity contribution in [1.82, 2.24) is 5.32 Å². The standard InChI is InChI=1S/C15H21NO2/c1-4-8-16-13(5-2)15-10-11-9-12(17-3)6-7-14(11)18-15/h6-7,9-10,13,16H,4-5,8H2,1-3H3. The first kappa shape index (κ1) is 13.0. The van der Waals surface area contributed by atoms with Crippen LogP contribution in [0.4, 0.5) is 0 Å². The number of nitrogens with one attached hydrogen (secondary N) is 1. The third kappa shape index (κ3) is 2.67. The van der Waals surface area contributed by atoms with Crippen molar-refractivity contribution < 1.29 is 9.15 Å². The number of rotatable bonds is 6. The lowest BCUT2D eigenvalue weighted by Gasteiger charge is -2.13. The zero-order valence-electron chi connectivity index (χ0n) is 11.3. The average molecular weight is 247 g/mol. The van der Waals surface area contributed by atoms with Crippen LogP contribution in [0.1, 0.15) is 38.5 Å². The van der Waals surface area contributed by atoms with Crippen LogP contribution < -0.4 is 10.1 Å². The minimum atomic E-state index is 0.295. The Balaban J connectivity index is 2.27. The van der Waals surface area contributed by atoms with Crippen LogP contribution in [0.5, 0.6) is 5.75 Å². The van der Waals surface area contributed by atoms with Gasteiger partial charge in [-0.1, -0.05) is 13.8 Å². The minimum Gasteiger partial charge on any atom is -0.497 e. The van der Waals surface area contributed by atoms with Crippen molar-refractivity contribution in [1.29, 1.82) is 0 Å². The van der Waals surface area contributed by atoms with Crippen LogP contribution in [0.15, 0.2) is 28.7 Å². The summed E-state index contributed by atoms with van der Waals surface area (Å²) in [6.45, 7) is 5.35. The van der Waals surface area contributed by atoms with Crippen molar-refractivity contribution in [2.75, 3.05) is 13.7 Å². The van der Waals surface area contributed by atoms with E-state index in [1.807, 2.05) is 18.2 Å². The molecule has 0 saturated heterocycles. The molecule has 3 heteroatoms. The lowest BCUT2D eigenvalue weighted by molar-refractivity contribution is 0.414. The molecular weight excluding hydrogens is 226 g/mol. The first-order valence-corrected chi connectivity index (χ1v) is 6.59. The van der Waals surface area contributed by atoms with Gasteiger partial charge in [0.15, 0.2) is 0 Å². The van der Waals surface area contributed by atoms with E-state index in [0.29, 0.717) is 6.04 Å². The van der Waals surface area contributed by atoms with Gasteiger partial charge in [0.2, 0.25) is 0 Å². The fourth-order valence-corrected chi connectivity index (χ4v) is 2.11. The molecule has 0 amide bonds. The number of ether oxygens (including phenoxy) is 1. The van der Waals surface area contributed by atoms with Crippen LogP contribution in [0.3, 0.4) is 0 Å². The maximum atomic E-state index is 5.90. The van der Waals surface area contributed by atoms with E-state index >= 15 is 0 Å². The number of benzene rings is 1. The molecule has 0 saturated carbocycles. The van der Waals surface area contributed by atoms with Crippen LogP contribution in [0.2, 0.25) is 0 Å². The Morgan fingerprint density at radius 2 is 2.11 bits per heavy atom. The summed E-state index contributed by atoms with van der Waals surface area (Å²) in [5.74, 6) is 1.87. The molecule has 1 aromatic carbocycles. The maximum absolute atomic E-state index is 5.90. The number of fused-ring (bicyclic) bond motifs is 1. The number of furan rings is 1. The maximum Gasteiger partial charge on any atom is 0.134 e. The molecule has 0 fully saturated rings. The van der Waals surface area contributed by atoms with Crippen molar-refractivity contribution in [3.05, 3.63) is 30.0 Å². The van der Waals surface area contributed by atoms with E-state index in [4.69, 9.17) is 9.15 Å². The molecule has 0 bridgehead atoms. The van der Waals surface area contributed by atoms with Crippen LogP contribution >= 0.6 is 0 Å². The van der Waals surface area contributed by atoms with E-state index < -0.39 is 0 Å². The zero-order valence-corrected chi connectivity index (χ0v) is 11.3. The molecule has 1 atom stereocenters. The summed E-state index contributed by atoms with van der Waals surface area (Å²) in [6.07, 6.45) is 2.15. The van der Waals surface area contributed by atoms with E-state index in [9.17, 15) is 0 Å². The highest BCUT2D eigenvalue weighted by Crippen LogP contribution is 2.28. The molecule has 0 aliphatic rings. The summed E-state index contributed by atoms with van der Waals surface area (Å²) in [4.78, 5) is 0. The monoisotopic (exact) mass is 247 g/mol. The lowest BCUT2D eigenvalue weighted by Crippen LogP contribution is -2.20. The van der Waals surface area contributed by atoms with Crippen molar-refractivity contribution in [2.45, 2.75) is 32.7 Å². The number of methoxy groups -OCH3 is 1. The highest BCUT2D eigenvalue weighted by Gasteiger charge is 2.13. The van der Waals surface area contributed by atoms with Gasteiger partial charge in [0.25, 0.3) is 0 Å². The molecule has 0 radical (unpaired) electrons.